The smallest absolute Gasteiger partial charge is 0.196 e. The van der Waals surface area contributed by atoms with Gasteiger partial charge in [-0.3, -0.25) is 0 Å². The Morgan fingerprint density at radius 1 is 0.640 bits per heavy atom. The minimum Gasteiger partial charge on any atom is -0.196 e. The molecule has 0 N–H and O–H groups in total. The highest BCUT2D eigenvalue weighted by atomic mass is 127. The Morgan fingerprint density at radius 3 is 1.36 bits per heavy atom. The molecule has 0 nitrogen and oxygen atoms in total. The van der Waals surface area contributed by atoms with E-state index in [4.69, 9.17) is 0 Å². The van der Waals surface area contributed by atoms with Gasteiger partial charge in [-0.05, 0) is 6.42 Å². The Bertz CT molecular complexity index is 305. The molecule has 25 heavy (non-hydrogen) atoms. The first-order chi connectivity index (χ1) is 11.7. The summed E-state index contributed by atoms with van der Waals surface area (Å²) >= 11 is 1.72. The van der Waals surface area contributed by atoms with E-state index in [1.807, 2.05) is 0 Å². The highest BCUT2D eigenvalue weighted by Gasteiger charge is 2.57. The molecule has 1 unspecified atom stereocenters. The number of hydrogen-bond donors (Lipinski definition) is 0. The van der Waals surface area contributed by atoms with E-state index in [0.29, 0.717) is 6.42 Å². The van der Waals surface area contributed by atoms with Gasteiger partial charge in [-0.1, -0.05) is 113 Å². The Labute approximate surface area is 163 Å². The van der Waals surface area contributed by atoms with Gasteiger partial charge in [0.1, 0.15) is 0 Å². The van der Waals surface area contributed by atoms with Crippen molar-refractivity contribution in [3.05, 3.63) is 0 Å². The van der Waals surface area contributed by atoms with E-state index in [9.17, 15) is 22.0 Å². The normalized spacial score (nSPS) is 14.0. The number of rotatable bonds is 16. The summed E-state index contributed by atoms with van der Waals surface area (Å²) in [5.74, 6) is -4.56. The standard InChI is InChI=1S/C19H34F5I/c1-2-3-4-5-6-7-8-9-10-11-12-13-14-15-17(25)16-18(20,21)19(22,23)24/h17H,2-16H2,1H3. The average molecular weight is 484 g/mol. The molecule has 0 aliphatic carbocycles. The highest BCUT2D eigenvalue weighted by Crippen LogP contribution is 2.40. The topological polar surface area (TPSA) is 0 Å². The molecule has 0 spiro atoms. The van der Waals surface area contributed by atoms with Gasteiger partial charge in [-0.15, -0.1) is 0 Å². The molecular weight excluding hydrogens is 450 g/mol. The van der Waals surface area contributed by atoms with Gasteiger partial charge in [0, 0.05) is 10.3 Å². The van der Waals surface area contributed by atoms with E-state index in [2.05, 4.69) is 6.92 Å². The Morgan fingerprint density at radius 2 is 1.00 bits per heavy atom. The third-order valence-corrected chi connectivity index (χ3v) is 5.58. The molecular formula is C19H34F5I. The van der Waals surface area contributed by atoms with E-state index in [1.54, 1.807) is 22.6 Å². The van der Waals surface area contributed by atoms with Crippen molar-refractivity contribution < 1.29 is 22.0 Å². The van der Waals surface area contributed by atoms with E-state index in [1.165, 1.54) is 57.8 Å². The maximum absolute atomic E-state index is 12.9. The van der Waals surface area contributed by atoms with Gasteiger partial charge in [0.15, 0.2) is 0 Å². The largest absolute Gasteiger partial charge is 0.453 e. The van der Waals surface area contributed by atoms with Crippen LogP contribution in [0.15, 0.2) is 0 Å². The van der Waals surface area contributed by atoms with Crippen molar-refractivity contribution in [2.75, 3.05) is 0 Å². The van der Waals surface area contributed by atoms with Crippen molar-refractivity contribution in [2.45, 2.75) is 119 Å². The van der Waals surface area contributed by atoms with Gasteiger partial charge in [0.25, 0.3) is 0 Å². The summed E-state index contributed by atoms with van der Waals surface area (Å²) in [6.07, 6.45) is 9.46. The fourth-order valence-electron chi connectivity index (χ4n) is 2.88. The van der Waals surface area contributed by atoms with Crippen molar-refractivity contribution >= 4 is 22.6 Å². The number of hydrogen-bond acceptors (Lipinski definition) is 0. The van der Waals surface area contributed by atoms with Gasteiger partial charge in [-0.25, -0.2) is 0 Å². The third kappa shape index (κ3) is 14.1. The van der Waals surface area contributed by atoms with Crippen molar-refractivity contribution in [2.24, 2.45) is 0 Å². The minimum atomic E-state index is -5.42. The molecule has 0 rings (SSSR count). The second-order valence-corrected chi connectivity index (χ2v) is 8.80. The molecule has 152 valence electrons. The highest BCUT2D eigenvalue weighted by molar-refractivity contribution is 14.1. The summed E-state index contributed by atoms with van der Waals surface area (Å²) in [6, 6.07) is 0. The maximum Gasteiger partial charge on any atom is 0.453 e. The van der Waals surface area contributed by atoms with Crippen LogP contribution in [0.25, 0.3) is 0 Å². The SMILES string of the molecule is CCCCCCCCCCCCCCCC(I)CC(F)(F)C(F)(F)F. The molecule has 0 amide bonds. The molecule has 0 aliphatic heterocycles. The summed E-state index contributed by atoms with van der Waals surface area (Å²) in [5.41, 5.74) is 0. The lowest BCUT2D eigenvalue weighted by Gasteiger charge is -2.22. The molecule has 6 heteroatoms. The summed E-state index contributed by atoms with van der Waals surface area (Å²) in [6.45, 7) is 2.22. The minimum absolute atomic E-state index is 0.435. The van der Waals surface area contributed by atoms with Gasteiger partial charge in [0.2, 0.25) is 0 Å². The zero-order valence-electron chi connectivity index (χ0n) is 15.5. The lowest BCUT2D eigenvalue weighted by atomic mass is 10.0. The lowest BCUT2D eigenvalue weighted by Crippen LogP contribution is -2.38. The molecule has 0 aromatic rings. The molecule has 0 fully saturated rings. The summed E-state index contributed by atoms with van der Waals surface area (Å²) < 4.78 is 61.6. The second kappa shape index (κ2) is 14.4. The molecule has 0 aromatic heterocycles. The first-order valence-electron chi connectivity index (χ1n) is 9.79. The molecule has 0 radical (unpaired) electrons. The average Bonchev–Trinajstić information content (AvgIpc) is 2.50. The van der Waals surface area contributed by atoms with Crippen LogP contribution in [0.1, 0.15) is 103 Å². The van der Waals surface area contributed by atoms with Gasteiger partial charge >= 0.3 is 12.1 Å². The number of alkyl halides is 6. The zero-order valence-corrected chi connectivity index (χ0v) is 17.6. The molecule has 0 heterocycles. The third-order valence-electron chi connectivity index (χ3n) is 4.51. The predicted octanol–water partition coefficient (Wildman–Crippen LogP) is 8.86. The fraction of sp³-hybridized carbons (Fsp3) is 1.00. The maximum atomic E-state index is 12.9. The Kier molecular flexibility index (Phi) is 14.7. The van der Waals surface area contributed by atoms with E-state index < -0.39 is 22.4 Å². The molecule has 0 saturated heterocycles. The monoisotopic (exact) mass is 484 g/mol. The van der Waals surface area contributed by atoms with Crippen molar-refractivity contribution in [3.8, 4) is 0 Å². The van der Waals surface area contributed by atoms with Crippen LogP contribution in [0.5, 0.6) is 0 Å². The van der Waals surface area contributed by atoms with Gasteiger partial charge in [-0.2, -0.15) is 22.0 Å². The van der Waals surface area contributed by atoms with Crippen molar-refractivity contribution in [1.82, 2.24) is 0 Å². The van der Waals surface area contributed by atoms with Crippen LogP contribution in [0.3, 0.4) is 0 Å². The van der Waals surface area contributed by atoms with Crippen molar-refractivity contribution in [1.29, 1.82) is 0 Å². The first kappa shape index (κ1) is 25.4. The molecule has 0 bridgehead atoms. The Balaban J connectivity index is 3.41. The van der Waals surface area contributed by atoms with Crippen LogP contribution in [0, 0.1) is 0 Å². The summed E-state index contributed by atoms with van der Waals surface area (Å²) in [7, 11) is 0. The molecule has 1 atom stereocenters. The number of halogens is 6. The van der Waals surface area contributed by atoms with Crippen LogP contribution >= 0.6 is 22.6 Å². The Hall–Kier alpha value is 0.380. The zero-order chi connectivity index (χ0) is 19.2. The summed E-state index contributed by atoms with van der Waals surface area (Å²) in [5, 5.41) is 0. The van der Waals surface area contributed by atoms with E-state index in [-0.39, 0.29) is 0 Å². The number of unbranched alkanes of at least 4 members (excludes halogenated alkanes) is 12. The lowest BCUT2D eigenvalue weighted by molar-refractivity contribution is -0.283. The quantitative estimate of drug-likeness (QED) is 0.0889. The van der Waals surface area contributed by atoms with Gasteiger partial charge in [0.05, 0.1) is 0 Å². The second-order valence-electron chi connectivity index (χ2n) is 7.03. The van der Waals surface area contributed by atoms with Crippen LogP contribution in [-0.4, -0.2) is 16.0 Å². The molecule has 0 saturated carbocycles. The van der Waals surface area contributed by atoms with Crippen LogP contribution in [-0.2, 0) is 0 Å². The van der Waals surface area contributed by atoms with Crippen LogP contribution in [0.2, 0.25) is 0 Å². The summed E-state index contributed by atoms with van der Waals surface area (Å²) in [4.78, 5) is 0. The van der Waals surface area contributed by atoms with E-state index >= 15 is 0 Å². The van der Waals surface area contributed by atoms with Crippen LogP contribution < -0.4 is 0 Å². The first-order valence-corrected chi connectivity index (χ1v) is 11.0. The van der Waals surface area contributed by atoms with Crippen molar-refractivity contribution in [3.63, 3.8) is 0 Å². The van der Waals surface area contributed by atoms with Gasteiger partial charge < -0.3 is 0 Å². The molecule has 0 aliphatic rings. The van der Waals surface area contributed by atoms with E-state index in [0.717, 1.165) is 25.7 Å². The predicted molar refractivity (Wildman–Crippen MR) is 104 cm³/mol. The molecule has 0 aromatic carbocycles. The van der Waals surface area contributed by atoms with Crippen LogP contribution in [0.4, 0.5) is 22.0 Å². The fourth-order valence-corrected chi connectivity index (χ4v) is 3.87.